The average Bonchev–Trinajstić information content (AvgIpc) is 3.15. The van der Waals surface area contributed by atoms with E-state index in [1.54, 1.807) is 0 Å². The summed E-state index contributed by atoms with van der Waals surface area (Å²) in [4.78, 5) is -0.0170. The van der Waals surface area contributed by atoms with Crippen molar-refractivity contribution in [1.82, 2.24) is 9.62 Å². The van der Waals surface area contributed by atoms with Crippen LogP contribution in [0.5, 0.6) is 5.75 Å². The maximum absolute atomic E-state index is 14.4. The highest BCUT2D eigenvalue weighted by atomic mass is 32.2. The highest BCUT2D eigenvalue weighted by Gasteiger charge is 2.30. The number of piperidine rings is 1. The van der Waals surface area contributed by atoms with Crippen LogP contribution in [-0.2, 0) is 14.8 Å². The first kappa shape index (κ1) is 19.5. The van der Waals surface area contributed by atoms with Gasteiger partial charge < -0.3 is 14.8 Å². The topological polar surface area (TPSA) is 67.9 Å². The summed E-state index contributed by atoms with van der Waals surface area (Å²) in [5, 5.41) is 3.10. The number of halogens is 1. The van der Waals surface area contributed by atoms with Crippen LogP contribution >= 0.6 is 0 Å². The number of hydrogen-bond donors (Lipinski definition) is 1. The van der Waals surface area contributed by atoms with E-state index in [1.165, 1.54) is 16.4 Å². The van der Waals surface area contributed by atoms with Crippen molar-refractivity contribution in [3.8, 4) is 5.75 Å². The van der Waals surface area contributed by atoms with Crippen LogP contribution in [-0.4, -0.2) is 59.2 Å². The SMILES string of the molecule is CNCC1CCCN(S(=O)(=O)c2ccc(OCC3CCOC3)c(F)c2)C1. The first-order valence-corrected chi connectivity index (χ1v) is 10.6. The molecule has 3 rings (SSSR count). The van der Waals surface area contributed by atoms with Crippen LogP contribution in [0.25, 0.3) is 0 Å². The van der Waals surface area contributed by atoms with E-state index in [1.807, 2.05) is 7.05 Å². The van der Waals surface area contributed by atoms with Crippen molar-refractivity contribution in [2.45, 2.75) is 24.2 Å². The number of benzene rings is 1. The summed E-state index contributed by atoms with van der Waals surface area (Å²) in [6.07, 6.45) is 2.72. The third-order valence-corrected chi connectivity index (χ3v) is 6.88. The molecule has 0 aromatic heterocycles. The lowest BCUT2D eigenvalue weighted by atomic mass is 10.00. The van der Waals surface area contributed by atoms with Gasteiger partial charge in [0.1, 0.15) is 0 Å². The summed E-state index contributed by atoms with van der Waals surface area (Å²) < 4.78 is 52.3. The fourth-order valence-corrected chi connectivity index (χ4v) is 5.10. The summed E-state index contributed by atoms with van der Waals surface area (Å²) in [6, 6.07) is 3.91. The van der Waals surface area contributed by atoms with Crippen molar-refractivity contribution < 1.29 is 22.3 Å². The van der Waals surface area contributed by atoms with Gasteiger partial charge in [-0.15, -0.1) is 0 Å². The fourth-order valence-electron chi connectivity index (χ4n) is 3.53. The van der Waals surface area contributed by atoms with Gasteiger partial charge in [0.25, 0.3) is 0 Å². The van der Waals surface area contributed by atoms with Gasteiger partial charge in [-0.25, -0.2) is 12.8 Å². The molecule has 2 unspecified atom stereocenters. The molecule has 2 saturated heterocycles. The number of nitrogens with zero attached hydrogens (tertiary/aromatic N) is 1. The predicted octanol–water partition coefficient (Wildman–Crippen LogP) is 1.86. The number of ether oxygens (including phenoxy) is 2. The predicted molar refractivity (Wildman–Crippen MR) is 96.2 cm³/mol. The molecular weight excluding hydrogens is 359 g/mol. The summed E-state index contributed by atoms with van der Waals surface area (Å²) in [7, 11) is -1.83. The minimum absolute atomic E-state index is 0.0170. The number of hydrogen-bond acceptors (Lipinski definition) is 5. The molecule has 0 amide bonds. The van der Waals surface area contributed by atoms with Crippen molar-refractivity contribution in [3.05, 3.63) is 24.0 Å². The monoisotopic (exact) mass is 386 g/mol. The average molecular weight is 386 g/mol. The summed E-state index contributed by atoms with van der Waals surface area (Å²) in [5.74, 6) is -0.0174. The molecule has 146 valence electrons. The normalized spacial score (nSPS) is 24.7. The van der Waals surface area contributed by atoms with Crippen molar-refractivity contribution in [3.63, 3.8) is 0 Å². The maximum Gasteiger partial charge on any atom is 0.243 e. The zero-order valence-corrected chi connectivity index (χ0v) is 15.9. The third-order valence-electron chi connectivity index (χ3n) is 5.01. The Morgan fingerprint density at radius 1 is 1.35 bits per heavy atom. The minimum Gasteiger partial charge on any atom is -0.490 e. The molecular formula is C18H27FN2O4S. The molecule has 1 N–H and O–H groups in total. The molecule has 0 aliphatic carbocycles. The van der Waals surface area contributed by atoms with Crippen molar-refractivity contribution in [1.29, 1.82) is 0 Å². The second-order valence-corrected chi connectivity index (χ2v) is 9.00. The first-order valence-electron chi connectivity index (χ1n) is 9.15. The van der Waals surface area contributed by atoms with Gasteiger partial charge in [0.15, 0.2) is 11.6 Å². The third kappa shape index (κ3) is 4.54. The molecule has 0 saturated carbocycles. The molecule has 1 aromatic carbocycles. The summed E-state index contributed by atoms with van der Waals surface area (Å²) in [5.41, 5.74) is 0. The Morgan fingerprint density at radius 3 is 2.88 bits per heavy atom. The molecule has 2 heterocycles. The number of sulfonamides is 1. The van der Waals surface area contributed by atoms with Crippen LogP contribution in [0.1, 0.15) is 19.3 Å². The zero-order valence-electron chi connectivity index (χ0n) is 15.1. The van der Waals surface area contributed by atoms with E-state index < -0.39 is 15.8 Å². The Labute approximate surface area is 154 Å². The van der Waals surface area contributed by atoms with Gasteiger partial charge in [-0.3, -0.25) is 0 Å². The maximum atomic E-state index is 14.4. The van der Waals surface area contributed by atoms with Gasteiger partial charge in [0.2, 0.25) is 10.0 Å². The highest BCUT2D eigenvalue weighted by molar-refractivity contribution is 7.89. The number of rotatable bonds is 7. The van der Waals surface area contributed by atoms with Gasteiger partial charge in [-0.1, -0.05) is 0 Å². The van der Waals surface area contributed by atoms with Gasteiger partial charge in [-0.2, -0.15) is 4.31 Å². The van der Waals surface area contributed by atoms with Crippen LogP contribution < -0.4 is 10.1 Å². The molecule has 1 aromatic rings. The standard InChI is InChI=1S/C18H27FN2O4S/c1-20-10-14-3-2-7-21(11-14)26(22,23)16-4-5-18(17(19)9-16)25-13-15-6-8-24-12-15/h4-5,9,14-15,20H,2-3,6-8,10-13H2,1H3. The molecule has 0 bridgehead atoms. The minimum atomic E-state index is -3.69. The van der Waals surface area contributed by atoms with Crippen LogP contribution in [0.4, 0.5) is 4.39 Å². The van der Waals surface area contributed by atoms with Crippen LogP contribution in [0.3, 0.4) is 0 Å². The molecule has 2 fully saturated rings. The largest absolute Gasteiger partial charge is 0.490 e. The van der Waals surface area contributed by atoms with E-state index in [-0.39, 0.29) is 22.5 Å². The van der Waals surface area contributed by atoms with Gasteiger partial charge in [-0.05, 0) is 57.0 Å². The fraction of sp³-hybridized carbons (Fsp3) is 0.667. The molecule has 8 heteroatoms. The summed E-state index contributed by atoms with van der Waals surface area (Å²) in [6.45, 7) is 3.42. The smallest absolute Gasteiger partial charge is 0.243 e. The quantitative estimate of drug-likeness (QED) is 0.775. The van der Waals surface area contributed by atoms with Crippen LogP contribution in [0.2, 0.25) is 0 Å². The second kappa shape index (κ2) is 8.65. The molecule has 2 aliphatic heterocycles. The molecule has 26 heavy (non-hydrogen) atoms. The van der Waals surface area contributed by atoms with E-state index in [2.05, 4.69) is 5.32 Å². The zero-order chi connectivity index (χ0) is 18.6. The Bertz CT molecular complexity index is 705. The summed E-state index contributed by atoms with van der Waals surface area (Å²) >= 11 is 0. The van der Waals surface area contributed by atoms with E-state index in [9.17, 15) is 12.8 Å². The van der Waals surface area contributed by atoms with E-state index in [4.69, 9.17) is 9.47 Å². The van der Waals surface area contributed by atoms with E-state index >= 15 is 0 Å². The van der Waals surface area contributed by atoms with E-state index in [0.717, 1.165) is 31.9 Å². The van der Waals surface area contributed by atoms with E-state index in [0.29, 0.717) is 32.9 Å². The Kier molecular flexibility index (Phi) is 6.50. The van der Waals surface area contributed by atoms with Crippen LogP contribution in [0.15, 0.2) is 23.1 Å². The lowest BCUT2D eigenvalue weighted by Gasteiger charge is -2.31. The molecule has 2 aliphatic rings. The molecule has 0 spiro atoms. The molecule has 2 atom stereocenters. The Morgan fingerprint density at radius 2 is 2.19 bits per heavy atom. The lowest BCUT2D eigenvalue weighted by Crippen LogP contribution is -2.42. The Hall–Kier alpha value is -1.22. The van der Waals surface area contributed by atoms with Crippen molar-refractivity contribution in [2.75, 3.05) is 46.5 Å². The van der Waals surface area contributed by atoms with Crippen LogP contribution in [0, 0.1) is 17.7 Å². The van der Waals surface area contributed by atoms with Crippen molar-refractivity contribution >= 4 is 10.0 Å². The number of nitrogens with one attached hydrogen (secondary N) is 1. The first-order chi connectivity index (χ1) is 12.5. The van der Waals surface area contributed by atoms with Gasteiger partial charge in [0, 0.05) is 25.6 Å². The molecule has 6 nitrogen and oxygen atoms in total. The van der Waals surface area contributed by atoms with Gasteiger partial charge >= 0.3 is 0 Å². The highest BCUT2D eigenvalue weighted by Crippen LogP contribution is 2.27. The molecule has 0 radical (unpaired) electrons. The lowest BCUT2D eigenvalue weighted by molar-refractivity contribution is 0.165. The van der Waals surface area contributed by atoms with Gasteiger partial charge in [0.05, 0.1) is 18.1 Å². The second-order valence-electron chi connectivity index (χ2n) is 7.06. The Balaban J connectivity index is 1.68. The van der Waals surface area contributed by atoms with Crippen molar-refractivity contribution in [2.24, 2.45) is 11.8 Å².